The minimum atomic E-state index is 0.728. The Hall–Kier alpha value is -8.12. The maximum Gasteiger partial charge on any atom is 0.160 e. The molecular formula is C58H34N4S. The van der Waals surface area contributed by atoms with E-state index in [9.17, 15) is 0 Å². The smallest absolute Gasteiger partial charge is 0.160 e. The molecule has 14 aromatic rings. The quantitative estimate of drug-likeness (QED) is 0.177. The van der Waals surface area contributed by atoms with Crippen LogP contribution in [0.5, 0.6) is 0 Å². The van der Waals surface area contributed by atoms with Crippen molar-refractivity contribution >= 4 is 108 Å². The summed E-state index contributed by atoms with van der Waals surface area (Å²) in [5, 5.41) is 13.4. The molecule has 0 spiro atoms. The molecule has 5 heteroatoms. The van der Waals surface area contributed by atoms with E-state index in [0.717, 1.165) is 39.2 Å². The van der Waals surface area contributed by atoms with Crippen LogP contribution in [-0.4, -0.2) is 19.1 Å². The van der Waals surface area contributed by atoms with Gasteiger partial charge in [0.25, 0.3) is 0 Å². The SMILES string of the molecule is c1cc(-n2c3ccccc3c3ccc4ccccc4c32)c2cc3c(cc2c1)c1ccccc1n3-c1ccc(-c2nc(-c3ccc4sc5ccccc5c4c3)nc3ccccc23)cc1. The molecule has 0 amide bonds. The van der Waals surface area contributed by atoms with Crippen molar-refractivity contribution in [3.8, 4) is 34.0 Å². The normalized spacial score (nSPS) is 12.1. The van der Waals surface area contributed by atoms with Crippen LogP contribution in [0.4, 0.5) is 0 Å². The average Bonchev–Trinajstić information content (AvgIpc) is 4.00. The van der Waals surface area contributed by atoms with E-state index in [4.69, 9.17) is 9.97 Å². The van der Waals surface area contributed by atoms with Gasteiger partial charge >= 0.3 is 0 Å². The van der Waals surface area contributed by atoms with Crippen molar-refractivity contribution in [2.24, 2.45) is 0 Å². The zero-order valence-corrected chi connectivity index (χ0v) is 34.6. The van der Waals surface area contributed by atoms with Crippen LogP contribution >= 0.6 is 11.3 Å². The summed E-state index contributed by atoms with van der Waals surface area (Å²) in [6.07, 6.45) is 0. The molecule has 0 N–H and O–H groups in total. The first-order valence-corrected chi connectivity index (χ1v) is 22.2. The Morgan fingerprint density at radius 3 is 1.87 bits per heavy atom. The van der Waals surface area contributed by atoms with Gasteiger partial charge in [0.05, 0.1) is 39.0 Å². The maximum absolute atomic E-state index is 5.32. The van der Waals surface area contributed by atoms with Crippen LogP contribution in [0.15, 0.2) is 206 Å². The topological polar surface area (TPSA) is 35.6 Å². The summed E-state index contributed by atoms with van der Waals surface area (Å²) in [5.41, 5.74) is 11.0. The summed E-state index contributed by atoms with van der Waals surface area (Å²) >= 11 is 1.83. The van der Waals surface area contributed by atoms with Crippen LogP contribution < -0.4 is 0 Å². The zero-order valence-electron chi connectivity index (χ0n) is 33.8. The molecule has 0 saturated carbocycles. The monoisotopic (exact) mass is 818 g/mol. The van der Waals surface area contributed by atoms with Crippen molar-refractivity contribution in [3.05, 3.63) is 206 Å². The van der Waals surface area contributed by atoms with E-state index in [1.54, 1.807) is 0 Å². The van der Waals surface area contributed by atoms with Gasteiger partial charge in [-0.1, -0.05) is 133 Å². The molecule has 0 unspecified atom stereocenters. The number of hydrogen-bond acceptors (Lipinski definition) is 3. The number of para-hydroxylation sites is 3. The van der Waals surface area contributed by atoms with Gasteiger partial charge in [-0.05, 0) is 83.6 Å². The standard InChI is InChI=1S/C58H34N4S/c1-2-14-40-35(12-1)26-30-44-41-15-4-9-21-51(41)62(57(40)44)52-22-11-13-37-32-47-42-16-5-8-20-50(42)61(53(47)34-46(37)52)39-28-24-36(25-29-39)56-45-18-3-7-19-49(45)59-58(60-56)38-27-31-55-48(33-38)43-17-6-10-23-54(43)63-55/h1-34H. The van der Waals surface area contributed by atoms with Crippen molar-refractivity contribution in [1.29, 1.82) is 0 Å². The lowest BCUT2D eigenvalue weighted by Crippen LogP contribution is -1.98. The molecule has 4 heterocycles. The minimum Gasteiger partial charge on any atom is -0.309 e. The van der Waals surface area contributed by atoms with E-state index in [0.29, 0.717) is 0 Å². The van der Waals surface area contributed by atoms with Gasteiger partial charge in [0, 0.05) is 74.7 Å². The molecule has 0 bridgehead atoms. The fourth-order valence-electron chi connectivity index (χ4n) is 10.2. The number of nitrogens with zero attached hydrogens (tertiary/aromatic N) is 4. The third-order valence-corrected chi connectivity index (χ3v) is 14.2. The predicted molar refractivity (Wildman–Crippen MR) is 267 cm³/mol. The van der Waals surface area contributed by atoms with Gasteiger partial charge in [-0.3, -0.25) is 0 Å². The van der Waals surface area contributed by atoms with E-state index in [1.165, 1.54) is 91.0 Å². The Labute approximate surface area is 365 Å². The number of rotatable bonds is 4. The van der Waals surface area contributed by atoms with Crippen molar-refractivity contribution in [2.75, 3.05) is 0 Å². The second-order valence-corrected chi connectivity index (χ2v) is 17.6. The molecule has 4 aromatic heterocycles. The van der Waals surface area contributed by atoms with Gasteiger partial charge in [0.1, 0.15) is 0 Å². The first-order valence-electron chi connectivity index (χ1n) is 21.4. The molecule has 10 aromatic carbocycles. The lowest BCUT2D eigenvalue weighted by Gasteiger charge is -2.14. The van der Waals surface area contributed by atoms with Crippen molar-refractivity contribution in [3.63, 3.8) is 0 Å². The molecule has 0 radical (unpaired) electrons. The van der Waals surface area contributed by atoms with E-state index < -0.39 is 0 Å². The highest BCUT2D eigenvalue weighted by atomic mass is 32.1. The molecule has 0 atom stereocenters. The van der Waals surface area contributed by atoms with Gasteiger partial charge in [-0.15, -0.1) is 11.3 Å². The number of benzene rings is 10. The zero-order chi connectivity index (χ0) is 41.2. The van der Waals surface area contributed by atoms with Crippen LogP contribution in [0.25, 0.3) is 130 Å². The highest BCUT2D eigenvalue weighted by molar-refractivity contribution is 7.25. The van der Waals surface area contributed by atoms with Gasteiger partial charge in [-0.25, -0.2) is 9.97 Å². The highest BCUT2D eigenvalue weighted by Crippen LogP contribution is 2.42. The number of aromatic nitrogens is 4. The Morgan fingerprint density at radius 1 is 0.349 bits per heavy atom. The largest absolute Gasteiger partial charge is 0.309 e. The van der Waals surface area contributed by atoms with Crippen LogP contribution in [0.1, 0.15) is 0 Å². The van der Waals surface area contributed by atoms with Crippen molar-refractivity contribution in [2.45, 2.75) is 0 Å². The molecule has 0 saturated heterocycles. The van der Waals surface area contributed by atoms with Gasteiger partial charge < -0.3 is 9.13 Å². The highest BCUT2D eigenvalue weighted by Gasteiger charge is 2.20. The van der Waals surface area contributed by atoms with E-state index >= 15 is 0 Å². The number of fused-ring (bicyclic) bond motifs is 13. The summed E-state index contributed by atoms with van der Waals surface area (Å²) in [4.78, 5) is 10.4. The average molecular weight is 819 g/mol. The van der Waals surface area contributed by atoms with Gasteiger partial charge in [0.2, 0.25) is 0 Å². The van der Waals surface area contributed by atoms with E-state index in [1.807, 2.05) is 11.3 Å². The van der Waals surface area contributed by atoms with Gasteiger partial charge in [0.15, 0.2) is 5.82 Å². The number of hydrogen-bond donors (Lipinski definition) is 0. The summed E-state index contributed by atoms with van der Waals surface area (Å²) in [6.45, 7) is 0. The molecule has 0 aliphatic heterocycles. The minimum absolute atomic E-state index is 0.728. The molecule has 292 valence electrons. The molecule has 0 aliphatic rings. The lowest BCUT2D eigenvalue weighted by molar-refractivity contribution is 1.18. The van der Waals surface area contributed by atoms with Gasteiger partial charge in [-0.2, -0.15) is 0 Å². The fourth-order valence-corrected chi connectivity index (χ4v) is 11.3. The van der Waals surface area contributed by atoms with E-state index in [2.05, 4.69) is 215 Å². The fraction of sp³-hybridized carbons (Fsp3) is 0. The second-order valence-electron chi connectivity index (χ2n) is 16.5. The van der Waals surface area contributed by atoms with Crippen molar-refractivity contribution < 1.29 is 0 Å². The summed E-state index contributed by atoms with van der Waals surface area (Å²) < 4.78 is 7.48. The molecule has 0 aliphatic carbocycles. The van der Waals surface area contributed by atoms with Crippen LogP contribution in [0, 0.1) is 0 Å². The Balaban J connectivity index is 0.956. The molecule has 0 fully saturated rings. The van der Waals surface area contributed by atoms with Crippen LogP contribution in [-0.2, 0) is 0 Å². The Morgan fingerprint density at radius 2 is 1.02 bits per heavy atom. The molecule has 63 heavy (non-hydrogen) atoms. The lowest BCUT2D eigenvalue weighted by atomic mass is 10.0. The first kappa shape index (κ1) is 34.6. The second kappa shape index (κ2) is 13.2. The summed E-state index contributed by atoms with van der Waals surface area (Å²) in [6, 6.07) is 75.0. The predicted octanol–water partition coefficient (Wildman–Crippen LogP) is 15.8. The summed E-state index contributed by atoms with van der Waals surface area (Å²) in [5.74, 6) is 0.728. The third kappa shape index (κ3) is 5.08. The van der Waals surface area contributed by atoms with Crippen molar-refractivity contribution in [1.82, 2.24) is 19.1 Å². The molecule has 14 rings (SSSR count). The number of thiophene rings is 1. The third-order valence-electron chi connectivity index (χ3n) is 13.1. The Kier molecular flexibility index (Phi) is 7.24. The van der Waals surface area contributed by atoms with Crippen LogP contribution in [0.2, 0.25) is 0 Å². The molecule has 4 nitrogen and oxygen atoms in total. The Bertz CT molecular complexity index is 4210. The first-order chi connectivity index (χ1) is 31.2. The molecular weight excluding hydrogens is 785 g/mol. The van der Waals surface area contributed by atoms with E-state index in [-0.39, 0.29) is 0 Å². The summed E-state index contributed by atoms with van der Waals surface area (Å²) in [7, 11) is 0. The maximum atomic E-state index is 5.32. The van der Waals surface area contributed by atoms with Crippen LogP contribution in [0.3, 0.4) is 0 Å².